The van der Waals surface area contributed by atoms with Gasteiger partial charge in [-0.3, -0.25) is 14.5 Å². The lowest BCUT2D eigenvalue weighted by molar-refractivity contribution is -0.133. The molecule has 4 nitrogen and oxygen atoms in total. The van der Waals surface area contributed by atoms with Crippen molar-refractivity contribution in [2.75, 3.05) is 13.2 Å². The first-order valence-electron chi connectivity index (χ1n) is 9.41. The van der Waals surface area contributed by atoms with Crippen LogP contribution in [0.4, 0.5) is 0 Å². The second-order valence-electron chi connectivity index (χ2n) is 8.15. The van der Waals surface area contributed by atoms with Crippen LogP contribution in [0.2, 0.25) is 0 Å². The zero-order chi connectivity index (χ0) is 18.2. The van der Waals surface area contributed by atoms with Crippen molar-refractivity contribution in [1.82, 2.24) is 4.90 Å². The predicted molar refractivity (Wildman–Crippen MR) is 97.6 cm³/mol. The van der Waals surface area contributed by atoms with Gasteiger partial charge in [0.1, 0.15) is 0 Å². The third kappa shape index (κ3) is 3.12. The van der Waals surface area contributed by atoms with Gasteiger partial charge in [-0.1, -0.05) is 32.9 Å². The first-order valence-corrected chi connectivity index (χ1v) is 9.41. The van der Waals surface area contributed by atoms with Gasteiger partial charge < -0.3 is 4.74 Å². The molecular weight excluding hydrogens is 314 g/mol. The monoisotopic (exact) mass is 343 g/mol. The molecule has 0 aromatic heterocycles. The molecule has 0 aliphatic carbocycles. The molecular formula is C21H29NO3. The summed E-state index contributed by atoms with van der Waals surface area (Å²) in [7, 11) is 0. The average Bonchev–Trinajstić information content (AvgIpc) is 2.84. The van der Waals surface area contributed by atoms with Gasteiger partial charge in [-0.25, -0.2) is 0 Å². The molecule has 4 heteroatoms. The van der Waals surface area contributed by atoms with Crippen LogP contribution in [0.15, 0.2) is 24.3 Å². The molecule has 25 heavy (non-hydrogen) atoms. The summed E-state index contributed by atoms with van der Waals surface area (Å²) < 4.78 is 6.04. The van der Waals surface area contributed by atoms with E-state index in [0.29, 0.717) is 23.6 Å². The van der Waals surface area contributed by atoms with Gasteiger partial charge in [0.25, 0.3) is 11.8 Å². The van der Waals surface area contributed by atoms with E-state index in [1.54, 1.807) is 12.1 Å². The number of amides is 2. The number of ether oxygens (including phenoxy) is 1. The Kier molecular flexibility index (Phi) is 4.76. The quantitative estimate of drug-likeness (QED) is 0.749. The van der Waals surface area contributed by atoms with Crippen LogP contribution in [0, 0.1) is 11.3 Å². The van der Waals surface area contributed by atoms with E-state index in [1.807, 2.05) is 12.1 Å². The summed E-state index contributed by atoms with van der Waals surface area (Å²) in [4.78, 5) is 26.7. The molecule has 2 heterocycles. The summed E-state index contributed by atoms with van der Waals surface area (Å²) in [6, 6.07) is 7.12. The van der Waals surface area contributed by atoms with Gasteiger partial charge in [0, 0.05) is 13.2 Å². The average molecular weight is 343 g/mol. The fraction of sp³-hybridized carbons (Fsp3) is 0.619. The standard InChI is InChI=1S/C21H29NO3/c1-5-20(4)14-21(15(2)3,11-13-25-20)10-12-22-18(23)16-8-6-7-9-17(16)19(22)24/h6-9,15H,5,10-14H2,1-4H3/t20-,21-/m0/s1. The van der Waals surface area contributed by atoms with Crippen molar-refractivity contribution < 1.29 is 14.3 Å². The van der Waals surface area contributed by atoms with Crippen molar-refractivity contribution in [3.05, 3.63) is 35.4 Å². The fourth-order valence-electron chi connectivity index (χ4n) is 4.38. The van der Waals surface area contributed by atoms with Crippen LogP contribution in [0.3, 0.4) is 0 Å². The van der Waals surface area contributed by atoms with Crippen molar-refractivity contribution in [2.45, 2.75) is 59.0 Å². The number of nitrogens with zero attached hydrogens (tertiary/aromatic N) is 1. The smallest absolute Gasteiger partial charge is 0.261 e. The molecule has 2 aliphatic rings. The van der Waals surface area contributed by atoms with Crippen LogP contribution in [-0.4, -0.2) is 35.5 Å². The Hall–Kier alpha value is -1.68. The number of fused-ring (bicyclic) bond motifs is 1. The maximum atomic E-state index is 12.6. The largest absolute Gasteiger partial charge is 0.375 e. The topological polar surface area (TPSA) is 46.6 Å². The molecule has 1 saturated heterocycles. The van der Waals surface area contributed by atoms with E-state index < -0.39 is 0 Å². The molecule has 0 unspecified atom stereocenters. The highest BCUT2D eigenvalue weighted by atomic mass is 16.5. The Balaban J connectivity index is 1.77. The number of carbonyl (C=O) groups excluding carboxylic acids is 2. The highest BCUT2D eigenvalue weighted by Gasteiger charge is 2.45. The van der Waals surface area contributed by atoms with Gasteiger partial charge in [0.15, 0.2) is 0 Å². The zero-order valence-electron chi connectivity index (χ0n) is 15.8. The molecule has 1 fully saturated rings. The Labute approximate surface area is 150 Å². The molecule has 1 aromatic carbocycles. The normalized spacial score (nSPS) is 29.4. The second kappa shape index (κ2) is 6.56. The van der Waals surface area contributed by atoms with E-state index in [1.165, 1.54) is 4.90 Å². The maximum absolute atomic E-state index is 12.6. The van der Waals surface area contributed by atoms with Crippen molar-refractivity contribution >= 4 is 11.8 Å². The van der Waals surface area contributed by atoms with Gasteiger partial charge in [-0.2, -0.15) is 0 Å². The highest BCUT2D eigenvalue weighted by Crippen LogP contribution is 2.48. The van der Waals surface area contributed by atoms with Crippen molar-refractivity contribution in [1.29, 1.82) is 0 Å². The minimum atomic E-state index is -0.148. The maximum Gasteiger partial charge on any atom is 0.261 e. The van der Waals surface area contributed by atoms with Crippen LogP contribution < -0.4 is 0 Å². The summed E-state index contributed by atoms with van der Waals surface area (Å²) in [6.45, 7) is 10.1. The number of benzene rings is 1. The Bertz CT molecular complexity index is 648. The van der Waals surface area contributed by atoms with Gasteiger partial charge in [-0.15, -0.1) is 0 Å². The fourth-order valence-corrected chi connectivity index (χ4v) is 4.38. The van der Waals surface area contributed by atoms with E-state index in [-0.39, 0.29) is 22.8 Å². The van der Waals surface area contributed by atoms with Crippen LogP contribution in [-0.2, 0) is 4.74 Å². The number of rotatable bonds is 5. The number of hydrogen-bond acceptors (Lipinski definition) is 3. The minimum Gasteiger partial charge on any atom is -0.375 e. The van der Waals surface area contributed by atoms with E-state index in [0.717, 1.165) is 32.3 Å². The van der Waals surface area contributed by atoms with Gasteiger partial charge >= 0.3 is 0 Å². The Morgan fingerprint density at radius 1 is 1.16 bits per heavy atom. The zero-order valence-corrected chi connectivity index (χ0v) is 15.8. The first-order chi connectivity index (χ1) is 11.8. The van der Waals surface area contributed by atoms with Crippen LogP contribution in [0.5, 0.6) is 0 Å². The highest BCUT2D eigenvalue weighted by molar-refractivity contribution is 6.21. The number of imide groups is 1. The lowest BCUT2D eigenvalue weighted by atomic mass is 9.64. The molecule has 2 aliphatic heterocycles. The number of hydrogen-bond donors (Lipinski definition) is 0. The van der Waals surface area contributed by atoms with Crippen LogP contribution >= 0.6 is 0 Å². The molecule has 0 bridgehead atoms. The SMILES string of the molecule is CC[C@@]1(C)C[C@@](CCN2C(=O)c3ccccc3C2=O)(C(C)C)CCO1. The van der Waals surface area contributed by atoms with Gasteiger partial charge in [-0.05, 0) is 56.1 Å². The van der Waals surface area contributed by atoms with Crippen molar-refractivity contribution in [2.24, 2.45) is 11.3 Å². The summed E-state index contributed by atoms with van der Waals surface area (Å²) in [5.41, 5.74) is 1.08. The molecule has 0 N–H and O–H groups in total. The summed E-state index contributed by atoms with van der Waals surface area (Å²) in [5, 5.41) is 0. The second-order valence-corrected chi connectivity index (χ2v) is 8.15. The molecule has 2 amide bonds. The summed E-state index contributed by atoms with van der Waals surface area (Å²) in [6.07, 6.45) is 3.80. The molecule has 2 atom stereocenters. The molecule has 136 valence electrons. The molecule has 3 rings (SSSR count). The summed E-state index contributed by atoms with van der Waals surface area (Å²) in [5.74, 6) is 0.187. The predicted octanol–water partition coefficient (Wildman–Crippen LogP) is 4.29. The Morgan fingerprint density at radius 3 is 2.28 bits per heavy atom. The van der Waals surface area contributed by atoms with E-state index >= 15 is 0 Å². The minimum absolute atomic E-state index is 0.107. The molecule has 0 spiro atoms. The first kappa shape index (κ1) is 18.1. The Morgan fingerprint density at radius 2 is 1.76 bits per heavy atom. The lowest BCUT2D eigenvalue weighted by Gasteiger charge is -2.49. The van der Waals surface area contributed by atoms with Crippen LogP contribution in [0.25, 0.3) is 0 Å². The van der Waals surface area contributed by atoms with Crippen LogP contribution in [0.1, 0.15) is 74.1 Å². The number of carbonyl (C=O) groups is 2. The van der Waals surface area contributed by atoms with Crippen molar-refractivity contribution in [3.63, 3.8) is 0 Å². The molecule has 0 radical (unpaired) electrons. The van der Waals surface area contributed by atoms with Gasteiger partial charge in [0.05, 0.1) is 16.7 Å². The van der Waals surface area contributed by atoms with E-state index in [9.17, 15) is 9.59 Å². The third-order valence-corrected chi connectivity index (χ3v) is 6.46. The third-order valence-electron chi connectivity index (χ3n) is 6.46. The summed E-state index contributed by atoms with van der Waals surface area (Å²) >= 11 is 0. The lowest BCUT2D eigenvalue weighted by Crippen LogP contribution is -2.47. The van der Waals surface area contributed by atoms with E-state index in [4.69, 9.17) is 4.74 Å². The van der Waals surface area contributed by atoms with Crippen molar-refractivity contribution in [3.8, 4) is 0 Å². The van der Waals surface area contributed by atoms with E-state index in [2.05, 4.69) is 27.7 Å². The van der Waals surface area contributed by atoms with Gasteiger partial charge in [0.2, 0.25) is 0 Å². The molecule has 0 saturated carbocycles. The molecule has 1 aromatic rings.